The first-order valence-electron chi connectivity index (χ1n) is 6.89. The van der Waals surface area contributed by atoms with E-state index in [2.05, 4.69) is 10.3 Å². The van der Waals surface area contributed by atoms with Crippen molar-refractivity contribution in [3.8, 4) is 5.69 Å². The van der Waals surface area contributed by atoms with E-state index in [4.69, 9.17) is 0 Å². The van der Waals surface area contributed by atoms with E-state index in [1.165, 1.54) is 22.9 Å². The summed E-state index contributed by atoms with van der Waals surface area (Å²) in [4.78, 5) is 3.99. The van der Waals surface area contributed by atoms with Gasteiger partial charge in [0.2, 0.25) is 0 Å². The summed E-state index contributed by atoms with van der Waals surface area (Å²) in [6.45, 7) is 2.15. The largest absolute Gasteiger partial charge is 0.418 e. The lowest BCUT2D eigenvalue weighted by molar-refractivity contribution is -0.137. The number of hydrogen-bond donors (Lipinski definition) is 1. The monoisotopic (exact) mass is 295 g/mol. The summed E-state index contributed by atoms with van der Waals surface area (Å²) < 4.78 is 41.4. The molecule has 112 valence electrons. The number of rotatable bonds is 4. The molecule has 0 spiro atoms. The molecule has 0 radical (unpaired) electrons. The molecule has 1 saturated carbocycles. The quantitative estimate of drug-likeness (QED) is 0.936. The van der Waals surface area contributed by atoms with Crippen LogP contribution >= 0.6 is 0 Å². The van der Waals surface area contributed by atoms with Crippen LogP contribution in [0.25, 0.3) is 5.69 Å². The molecule has 1 aliphatic carbocycles. The van der Waals surface area contributed by atoms with Crippen molar-refractivity contribution in [3.05, 3.63) is 47.5 Å². The minimum atomic E-state index is -4.39. The second-order valence-corrected chi connectivity index (χ2v) is 5.35. The van der Waals surface area contributed by atoms with E-state index in [1.807, 2.05) is 0 Å². The zero-order chi connectivity index (χ0) is 15.0. The van der Waals surface area contributed by atoms with Crippen molar-refractivity contribution in [2.24, 2.45) is 0 Å². The molecule has 1 aromatic heterocycles. The van der Waals surface area contributed by atoms with Gasteiger partial charge >= 0.3 is 6.18 Å². The summed E-state index contributed by atoms with van der Waals surface area (Å²) in [6, 6.07) is 4.94. The summed E-state index contributed by atoms with van der Waals surface area (Å²) in [6.07, 6.45) is 0.874. The molecule has 21 heavy (non-hydrogen) atoms. The zero-order valence-corrected chi connectivity index (χ0v) is 11.6. The number of halogens is 3. The highest BCUT2D eigenvalue weighted by Crippen LogP contribution is 2.35. The first-order valence-corrected chi connectivity index (χ1v) is 6.89. The molecule has 1 aromatic carbocycles. The summed E-state index contributed by atoms with van der Waals surface area (Å²) >= 11 is 0. The van der Waals surface area contributed by atoms with Crippen molar-refractivity contribution in [2.45, 2.75) is 38.5 Å². The van der Waals surface area contributed by atoms with Gasteiger partial charge in [-0.3, -0.25) is 0 Å². The molecule has 0 bridgehead atoms. The molecule has 1 N–H and O–H groups in total. The van der Waals surface area contributed by atoms with Crippen molar-refractivity contribution in [2.75, 3.05) is 0 Å². The van der Waals surface area contributed by atoms with Crippen LogP contribution in [-0.2, 0) is 12.7 Å². The van der Waals surface area contributed by atoms with Crippen LogP contribution in [0.5, 0.6) is 0 Å². The Morgan fingerprint density at radius 3 is 2.67 bits per heavy atom. The van der Waals surface area contributed by atoms with Gasteiger partial charge in [-0.05, 0) is 37.5 Å². The number of imidazole rings is 1. The van der Waals surface area contributed by atoms with Crippen LogP contribution in [0, 0.1) is 6.92 Å². The van der Waals surface area contributed by atoms with Crippen molar-refractivity contribution in [3.63, 3.8) is 0 Å². The first kappa shape index (κ1) is 14.1. The molecular formula is C15H16F3N3. The van der Waals surface area contributed by atoms with Gasteiger partial charge in [0.15, 0.2) is 0 Å². The van der Waals surface area contributed by atoms with E-state index < -0.39 is 11.7 Å². The Labute approximate surface area is 120 Å². The van der Waals surface area contributed by atoms with Crippen LogP contribution in [0.15, 0.2) is 30.6 Å². The molecule has 1 fully saturated rings. The number of hydrogen-bond acceptors (Lipinski definition) is 2. The third-order valence-electron chi connectivity index (χ3n) is 3.62. The lowest BCUT2D eigenvalue weighted by Gasteiger charge is -2.16. The molecule has 0 unspecified atom stereocenters. The van der Waals surface area contributed by atoms with Crippen LogP contribution in [0.1, 0.15) is 29.8 Å². The highest BCUT2D eigenvalue weighted by Gasteiger charge is 2.34. The predicted molar refractivity (Wildman–Crippen MR) is 73.2 cm³/mol. The smallest absolute Gasteiger partial charge is 0.310 e. The fourth-order valence-corrected chi connectivity index (χ4v) is 2.31. The Bertz CT molecular complexity index is 642. The molecule has 3 nitrogen and oxygen atoms in total. The Hall–Kier alpha value is -1.82. The minimum absolute atomic E-state index is 0.118. The number of benzene rings is 1. The summed E-state index contributed by atoms with van der Waals surface area (Å²) in [5.41, 5.74) is 0.141. The molecule has 0 saturated heterocycles. The van der Waals surface area contributed by atoms with Crippen molar-refractivity contribution >= 4 is 0 Å². The molecule has 0 aliphatic heterocycles. The Morgan fingerprint density at radius 1 is 1.33 bits per heavy atom. The maximum atomic E-state index is 13.3. The lowest BCUT2D eigenvalue weighted by Crippen LogP contribution is -2.17. The van der Waals surface area contributed by atoms with Crippen LogP contribution in [0.2, 0.25) is 0 Å². The zero-order valence-electron chi connectivity index (χ0n) is 11.6. The van der Waals surface area contributed by atoms with Gasteiger partial charge in [-0.2, -0.15) is 13.2 Å². The fraction of sp³-hybridized carbons (Fsp3) is 0.400. The highest BCUT2D eigenvalue weighted by atomic mass is 19.4. The average molecular weight is 295 g/mol. The van der Waals surface area contributed by atoms with E-state index in [0.29, 0.717) is 24.0 Å². The van der Waals surface area contributed by atoms with Gasteiger partial charge in [0.25, 0.3) is 0 Å². The third-order valence-corrected chi connectivity index (χ3v) is 3.62. The normalized spacial score (nSPS) is 15.4. The summed E-state index contributed by atoms with van der Waals surface area (Å²) in [5, 5.41) is 3.23. The molecule has 1 aliphatic rings. The van der Waals surface area contributed by atoms with Gasteiger partial charge in [0.1, 0.15) is 5.82 Å². The van der Waals surface area contributed by atoms with Gasteiger partial charge in [-0.15, -0.1) is 0 Å². The molecule has 1 heterocycles. The maximum Gasteiger partial charge on any atom is 0.418 e. The van der Waals surface area contributed by atoms with E-state index in [0.717, 1.165) is 12.8 Å². The molecule has 0 amide bonds. The Morgan fingerprint density at radius 2 is 2.10 bits per heavy atom. The van der Waals surface area contributed by atoms with Gasteiger partial charge in [-0.1, -0.05) is 6.07 Å². The molecular weight excluding hydrogens is 279 g/mol. The van der Waals surface area contributed by atoms with Gasteiger partial charge in [-0.25, -0.2) is 4.98 Å². The van der Waals surface area contributed by atoms with E-state index in [-0.39, 0.29) is 5.69 Å². The second kappa shape index (κ2) is 5.18. The van der Waals surface area contributed by atoms with Crippen LogP contribution in [0.4, 0.5) is 13.2 Å². The van der Waals surface area contributed by atoms with Crippen LogP contribution in [-0.4, -0.2) is 15.6 Å². The van der Waals surface area contributed by atoms with Crippen LogP contribution in [0.3, 0.4) is 0 Å². The number of aromatic nitrogens is 2. The number of nitrogens with one attached hydrogen (secondary N) is 1. The minimum Gasteiger partial charge on any atom is -0.310 e. The summed E-state index contributed by atoms with van der Waals surface area (Å²) in [7, 11) is 0. The predicted octanol–water partition coefficient (Wildman–Crippen LogP) is 3.45. The Kier molecular flexibility index (Phi) is 3.49. The molecule has 6 heteroatoms. The highest BCUT2D eigenvalue weighted by molar-refractivity contribution is 5.46. The number of aryl methyl sites for hydroxylation is 1. The molecule has 2 aromatic rings. The SMILES string of the molecule is Cc1nccn1-c1ccc(CNC2CC2)cc1C(F)(F)F. The van der Waals surface area contributed by atoms with Crippen molar-refractivity contribution < 1.29 is 13.2 Å². The van der Waals surface area contributed by atoms with Gasteiger partial charge < -0.3 is 9.88 Å². The average Bonchev–Trinajstić information content (AvgIpc) is 3.16. The summed E-state index contributed by atoms with van der Waals surface area (Å²) in [5.74, 6) is 0.532. The van der Waals surface area contributed by atoms with Gasteiger partial charge in [0.05, 0.1) is 11.3 Å². The van der Waals surface area contributed by atoms with E-state index >= 15 is 0 Å². The van der Waals surface area contributed by atoms with Gasteiger partial charge in [0, 0.05) is 25.0 Å². The number of nitrogens with zero attached hydrogens (tertiary/aromatic N) is 2. The van der Waals surface area contributed by atoms with E-state index in [1.54, 1.807) is 19.2 Å². The Balaban J connectivity index is 1.97. The fourth-order valence-electron chi connectivity index (χ4n) is 2.31. The topological polar surface area (TPSA) is 29.9 Å². The maximum absolute atomic E-state index is 13.3. The van der Waals surface area contributed by atoms with E-state index in [9.17, 15) is 13.2 Å². The van der Waals surface area contributed by atoms with Crippen molar-refractivity contribution in [1.82, 2.24) is 14.9 Å². The van der Waals surface area contributed by atoms with Crippen molar-refractivity contribution in [1.29, 1.82) is 0 Å². The third kappa shape index (κ3) is 3.10. The van der Waals surface area contributed by atoms with Crippen LogP contribution < -0.4 is 5.32 Å². The standard InChI is InChI=1S/C15H16F3N3/c1-10-19-6-7-21(10)14-5-2-11(9-20-12-3-4-12)8-13(14)15(16,17)18/h2,5-8,12,20H,3-4,9H2,1H3. The number of alkyl halides is 3. The first-order chi connectivity index (χ1) is 9.95. The molecule has 0 atom stereocenters. The molecule has 3 rings (SSSR count). The lowest BCUT2D eigenvalue weighted by atomic mass is 10.1. The second-order valence-electron chi connectivity index (χ2n) is 5.35.